The predicted molar refractivity (Wildman–Crippen MR) is 134 cm³/mol. The van der Waals surface area contributed by atoms with Crippen LogP contribution in [0.15, 0.2) is 30.7 Å². The fourth-order valence-electron chi connectivity index (χ4n) is 4.17. The van der Waals surface area contributed by atoms with Gasteiger partial charge in [-0.1, -0.05) is 8.58 Å². The van der Waals surface area contributed by atoms with Crippen LogP contribution >= 0.6 is 8.58 Å². The molecule has 1 unspecified atom stereocenters. The van der Waals surface area contributed by atoms with Crippen molar-refractivity contribution >= 4 is 42.3 Å². The van der Waals surface area contributed by atoms with Crippen molar-refractivity contribution in [3.05, 3.63) is 36.3 Å². The van der Waals surface area contributed by atoms with Crippen LogP contribution in [0.4, 0.5) is 11.5 Å². The van der Waals surface area contributed by atoms with Crippen LogP contribution in [0.25, 0.3) is 11.0 Å². The Balaban J connectivity index is 1.73. The molecule has 8 nitrogen and oxygen atoms in total. The first-order valence-electron chi connectivity index (χ1n) is 11.0. The summed E-state index contributed by atoms with van der Waals surface area (Å²) in [6.45, 7) is 6.97. The molecule has 0 saturated carbocycles. The molecule has 4 rings (SSSR count). The Morgan fingerprint density at radius 1 is 1.22 bits per heavy atom. The second-order valence-electron chi connectivity index (χ2n) is 8.48. The molecule has 2 bridgehead atoms. The van der Waals surface area contributed by atoms with Gasteiger partial charge in [0.15, 0.2) is 0 Å². The normalized spacial score (nSPS) is 17.2. The summed E-state index contributed by atoms with van der Waals surface area (Å²) < 4.78 is 5.61. The van der Waals surface area contributed by atoms with Crippen molar-refractivity contribution in [2.24, 2.45) is 0 Å². The zero-order valence-electron chi connectivity index (χ0n) is 19.2. The first kappa shape index (κ1) is 22.5. The van der Waals surface area contributed by atoms with Crippen molar-refractivity contribution in [1.29, 1.82) is 5.41 Å². The van der Waals surface area contributed by atoms with Crippen LogP contribution in [0.5, 0.6) is 5.75 Å². The third kappa shape index (κ3) is 4.87. The van der Waals surface area contributed by atoms with E-state index in [1.54, 1.807) is 13.4 Å². The molecule has 1 aromatic carbocycles. The highest BCUT2D eigenvalue weighted by Gasteiger charge is 2.17. The molecule has 32 heavy (non-hydrogen) atoms. The number of hydrogen-bond donors (Lipinski definition) is 3. The average molecular weight is 454 g/mol. The number of nitrogens with zero attached hydrogens (tertiary/aromatic N) is 4. The molecule has 0 saturated heterocycles. The number of hydrogen-bond acceptors (Lipinski definition) is 6. The van der Waals surface area contributed by atoms with Crippen molar-refractivity contribution in [2.45, 2.75) is 32.9 Å². The van der Waals surface area contributed by atoms with Crippen LogP contribution in [0.2, 0.25) is 0 Å². The van der Waals surface area contributed by atoms with Crippen molar-refractivity contribution < 1.29 is 4.74 Å². The Morgan fingerprint density at radius 3 is 2.84 bits per heavy atom. The molecule has 0 fully saturated rings. The topological polar surface area (TPSA) is 93.2 Å². The van der Waals surface area contributed by atoms with Gasteiger partial charge in [-0.05, 0) is 57.6 Å². The second kappa shape index (κ2) is 9.84. The molecule has 0 spiro atoms. The van der Waals surface area contributed by atoms with E-state index in [1.165, 1.54) is 5.56 Å². The number of fused-ring (bicyclic) bond motifs is 2. The molecule has 1 aliphatic heterocycles. The number of benzene rings is 1. The molecular formula is C23H32N7OP. The molecule has 170 valence electrons. The molecular weight excluding hydrogens is 421 g/mol. The van der Waals surface area contributed by atoms with Crippen LogP contribution in [0.1, 0.15) is 25.8 Å². The minimum Gasteiger partial charge on any atom is -0.496 e. The predicted octanol–water partition coefficient (Wildman–Crippen LogP) is 3.54. The molecule has 3 N–H and O–H groups in total. The molecule has 0 radical (unpaired) electrons. The summed E-state index contributed by atoms with van der Waals surface area (Å²) in [5.74, 6) is 2.35. The van der Waals surface area contributed by atoms with Crippen LogP contribution in [0, 0.1) is 5.41 Å². The number of aromatic nitrogens is 3. The summed E-state index contributed by atoms with van der Waals surface area (Å²) in [4.78, 5) is 16.8. The van der Waals surface area contributed by atoms with Gasteiger partial charge in [-0.3, -0.25) is 5.41 Å². The second-order valence-corrected chi connectivity index (χ2v) is 9.72. The SMILES string of the molecule is COc1ccc2cc1PCC(=N)N(C(C)C)CCCN(C)Cc1c[nH]c3ncnc(c13)N2. The lowest BCUT2D eigenvalue weighted by atomic mass is 10.2. The van der Waals surface area contributed by atoms with E-state index < -0.39 is 0 Å². The van der Waals surface area contributed by atoms with Crippen LogP contribution in [-0.4, -0.2) is 70.0 Å². The highest BCUT2D eigenvalue weighted by atomic mass is 31.1. The van der Waals surface area contributed by atoms with E-state index in [1.807, 2.05) is 18.3 Å². The van der Waals surface area contributed by atoms with E-state index in [9.17, 15) is 0 Å². The fraction of sp³-hybridized carbons (Fsp3) is 0.435. The number of nitrogens with one attached hydrogen (secondary N) is 3. The largest absolute Gasteiger partial charge is 0.496 e. The molecule has 0 aliphatic carbocycles. The van der Waals surface area contributed by atoms with Gasteiger partial charge in [0.25, 0.3) is 0 Å². The van der Waals surface area contributed by atoms with Gasteiger partial charge >= 0.3 is 0 Å². The Bertz CT molecular complexity index is 1100. The summed E-state index contributed by atoms with van der Waals surface area (Å²) in [6, 6.07) is 6.41. The maximum atomic E-state index is 8.72. The van der Waals surface area contributed by atoms with Gasteiger partial charge < -0.3 is 24.8 Å². The van der Waals surface area contributed by atoms with E-state index in [0.29, 0.717) is 26.6 Å². The molecule has 9 heteroatoms. The van der Waals surface area contributed by atoms with Gasteiger partial charge in [-0.2, -0.15) is 0 Å². The zero-order chi connectivity index (χ0) is 22.7. The summed E-state index contributed by atoms with van der Waals surface area (Å²) in [5.41, 5.74) is 2.96. The monoisotopic (exact) mass is 453 g/mol. The average Bonchev–Trinajstić information content (AvgIpc) is 3.18. The number of methoxy groups -OCH3 is 1. The van der Waals surface area contributed by atoms with Crippen molar-refractivity contribution in [3.63, 3.8) is 0 Å². The smallest absolute Gasteiger partial charge is 0.143 e. The highest BCUT2D eigenvalue weighted by Crippen LogP contribution is 2.29. The maximum absolute atomic E-state index is 8.72. The van der Waals surface area contributed by atoms with Gasteiger partial charge in [0.1, 0.15) is 29.4 Å². The van der Waals surface area contributed by atoms with E-state index in [-0.39, 0.29) is 0 Å². The third-order valence-corrected chi connectivity index (χ3v) is 7.09. The van der Waals surface area contributed by atoms with Crippen LogP contribution in [-0.2, 0) is 6.54 Å². The van der Waals surface area contributed by atoms with E-state index in [0.717, 1.165) is 59.6 Å². The number of H-pyrrole nitrogens is 1. The molecule has 3 heterocycles. The van der Waals surface area contributed by atoms with Crippen molar-refractivity contribution in [1.82, 2.24) is 24.8 Å². The third-order valence-electron chi connectivity index (χ3n) is 5.81. The van der Waals surface area contributed by atoms with Crippen LogP contribution < -0.4 is 15.4 Å². The molecule has 3 aromatic rings. The number of aromatic amines is 1. The van der Waals surface area contributed by atoms with Gasteiger partial charge in [-0.15, -0.1) is 0 Å². The first-order valence-corrected chi connectivity index (χ1v) is 12.2. The van der Waals surface area contributed by atoms with Crippen molar-refractivity contribution in [2.75, 3.05) is 38.7 Å². The highest BCUT2D eigenvalue weighted by molar-refractivity contribution is 7.48. The van der Waals surface area contributed by atoms with Crippen molar-refractivity contribution in [3.8, 4) is 5.75 Å². The Morgan fingerprint density at radius 2 is 2.06 bits per heavy atom. The Labute approximate surface area is 191 Å². The molecule has 1 atom stereocenters. The van der Waals surface area contributed by atoms with E-state index in [4.69, 9.17) is 10.1 Å². The first-order chi connectivity index (χ1) is 15.5. The number of amidine groups is 1. The fourth-order valence-corrected chi connectivity index (χ4v) is 5.35. The van der Waals surface area contributed by atoms with Crippen LogP contribution in [0.3, 0.4) is 0 Å². The van der Waals surface area contributed by atoms with E-state index in [2.05, 4.69) is 57.0 Å². The Kier molecular flexibility index (Phi) is 6.92. The van der Waals surface area contributed by atoms with Gasteiger partial charge in [0.05, 0.1) is 12.5 Å². The summed E-state index contributed by atoms with van der Waals surface area (Å²) in [5, 5.41) is 14.4. The maximum Gasteiger partial charge on any atom is 0.143 e. The number of ether oxygens (including phenoxy) is 1. The zero-order valence-corrected chi connectivity index (χ0v) is 20.2. The summed E-state index contributed by atoms with van der Waals surface area (Å²) >= 11 is 0. The Hall–Kier alpha value is -2.70. The minimum absolute atomic E-state index is 0.305. The molecule has 2 aromatic heterocycles. The summed E-state index contributed by atoms with van der Waals surface area (Å²) in [7, 11) is 4.29. The van der Waals surface area contributed by atoms with Gasteiger partial charge in [0.2, 0.25) is 0 Å². The summed E-state index contributed by atoms with van der Waals surface area (Å²) in [6.07, 6.45) is 5.32. The lowest BCUT2D eigenvalue weighted by Crippen LogP contribution is -2.39. The standard InChI is InChI=1S/C23H32N7OP/c1-15(2)30-9-5-8-29(3)12-16-11-25-22-21(16)23(27-14-26-22)28-17-6-7-18(31-4)19(10-17)32-13-20(30)24/h6-7,10-11,14-15,24,32H,5,8-9,12-13H2,1-4H3,(H2,25,26,27,28). The lowest BCUT2D eigenvalue weighted by molar-refractivity contribution is 0.281. The van der Waals surface area contributed by atoms with Gasteiger partial charge in [0, 0.05) is 42.5 Å². The quantitative estimate of drug-likeness (QED) is 0.514. The van der Waals surface area contributed by atoms with Gasteiger partial charge in [-0.25, -0.2) is 9.97 Å². The lowest BCUT2D eigenvalue weighted by Gasteiger charge is -2.30. The molecule has 1 aliphatic rings. The number of anilines is 2. The minimum atomic E-state index is 0.305. The van der Waals surface area contributed by atoms with E-state index >= 15 is 0 Å². The number of rotatable bonds is 2. The molecule has 0 amide bonds.